The zero-order valence-corrected chi connectivity index (χ0v) is 19.2. The lowest BCUT2D eigenvalue weighted by atomic mass is 10.1. The average Bonchev–Trinajstić information content (AvgIpc) is 2.75. The van der Waals surface area contributed by atoms with Crippen molar-refractivity contribution in [1.29, 1.82) is 0 Å². The van der Waals surface area contributed by atoms with Crippen molar-refractivity contribution >= 4 is 11.8 Å². The van der Waals surface area contributed by atoms with E-state index < -0.39 is 6.04 Å². The van der Waals surface area contributed by atoms with Crippen molar-refractivity contribution in [2.24, 2.45) is 0 Å². The van der Waals surface area contributed by atoms with E-state index >= 15 is 0 Å². The highest BCUT2D eigenvalue weighted by Crippen LogP contribution is 2.17. The quantitative estimate of drug-likeness (QED) is 0.549. The summed E-state index contributed by atoms with van der Waals surface area (Å²) in [7, 11) is 1.61. The van der Waals surface area contributed by atoms with Crippen LogP contribution in [-0.2, 0) is 16.1 Å². The molecule has 0 heterocycles. The van der Waals surface area contributed by atoms with Crippen LogP contribution in [-0.4, -0.2) is 42.5 Å². The van der Waals surface area contributed by atoms with Crippen LogP contribution >= 0.6 is 0 Å². The van der Waals surface area contributed by atoms with Gasteiger partial charge in [-0.05, 0) is 63.9 Å². The molecule has 6 nitrogen and oxygen atoms in total. The number of nitrogens with one attached hydrogen (secondary N) is 1. The van der Waals surface area contributed by atoms with Gasteiger partial charge in [0, 0.05) is 19.0 Å². The van der Waals surface area contributed by atoms with Gasteiger partial charge in [-0.25, -0.2) is 0 Å². The van der Waals surface area contributed by atoms with Crippen molar-refractivity contribution in [3.8, 4) is 11.5 Å². The van der Waals surface area contributed by atoms with Gasteiger partial charge in [0.2, 0.25) is 11.8 Å². The van der Waals surface area contributed by atoms with Gasteiger partial charge in [-0.3, -0.25) is 9.59 Å². The zero-order valence-electron chi connectivity index (χ0n) is 19.2. The molecule has 0 bridgehead atoms. The number of rotatable bonds is 11. The molecule has 2 aromatic carbocycles. The van der Waals surface area contributed by atoms with E-state index in [1.807, 2.05) is 69.3 Å². The molecule has 2 rings (SSSR count). The highest BCUT2D eigenvalue weighted by atomic mass is 16.5. The molecule has 0 radical (unpaired) electrons. The Balaban J connectivity index is 2.02. The van der Waals surface area contributed by atoms with Crippen molar-refractivity contribution in [2.75, 3.05) is 13.7 Å². The van der Waals surface area contributed by atoms with Crippen LogP contribution in [0.3, 0.4) is 0 Å². The monoisotopic (exact) mass is 426 g/mol. The molecule has 168 valence electrons. The fraction of sp³-hybridized carbons (Fsp3) is 0.440. The minimum Gasteiger partial charge on any atom is -0.497 e. The molecule has 0 saturated heterocycles. The highest BCUT2D eigenvalue weighted by Gasteiger charge is 2.26. The summed E-state index contributed by atoms with van der Waals surface area (Å²) < 4.78 is 11.0. The molecule has 0 spiro atoms. The molecule has 31 heavy (non-hydrogen) atoms. The van der Waals surface area contributed by atoms with E-state index in [0.717, 1.165) is 17.1 Å². The number of nitrogens with zero attached hydrogens (tertiary/aromatic N) is 1. The van der Waals surface area contributed by atoms with Gasteiger partial charge in [-0.1, -0.05) is 29.8 Å². The van der Waals surface area contributed by atoms with Gasteiger partial charge < -0.3 is 19.7 Å². The molecule has 2 amide bonds. The number of ether oxygens (including phenoxy) is 2. The molecular weight excluding hydrogens is 392 g/mol. The first-order valence-corrected chi connectivity index (χ1v) is 10.7. The number of benzene rings is 2. The molecule has 6 heteroatoms. The molecule has 0 aliphatic carbocycles. The molecule has 0 aromatic heterocycles. The number of aryl methyl sites for hydroxylation is 1. The van der Waals surface area contributed by atoms with E-state index in [2.05, 4.69) is 5.32 Å². The Morgan fingerprint density at radius 1 is 1.03 bits per heavy atom. The van der Waals surface area contributed by atoms with Crippen molar-refractivity contribution < 1.29 is 19.1 Å². The lowest BCUT2D eigenvalue weighted by Crippen LogP contribution is -2.49. The number of hydrogen-bond acceptors (Lipinski definition) is 4. The summed E-state index contributed by atoms with van der Waals surface area (Å²) in [5.74, 6) is 1.26. The van der Waals surface area contributed by atoms with E-state index in [1.54, 1.807) is 18.9 Å². The van der Waals surface area contributed by atoms with Gasteiger partial charge in [0.15, 0.2) is 0 Å². The van der Waals surface area contributed by atoms with Crippen LogP contribution in [0, 0.1) is 6.92 Å². The van der Waals surface area contributed by atoms with Gasteiger partial charge in [-0.2, -0.15) is 0 Å². The molecule has 0 unspecified atom stereocenters. The fourth-order valence-corrected chi connectivity index (χ4v) is 3.15. The number of hydrogen-bond donors (Lipinski definition) is 1. The lowest BCUT2D eigenvalue weighted by molar-refractivity contribution is -0.141. The average molecular weight is 427 g/mol. The van der Waals surface area contributed by atoms with E-state index in [-0.39, 0.29) is 17.9 Å². The first-order valence-electron chi connectivity index (χ1n) is 10.7. The number of amides is 2. The predicted molar refractivity (Wildman–Crippen MR) is 122 cm³/mol. The molecule has 1 N–H and O–H groups in total. The summed E-state index contributed by atoms with van der Waals surface area (Å²) in [5, 5.41) is 2.90. The Kier molecular flexibility index (Phi) is 9.38. The third-order valence-corrected chi connectivity index (χ3v) is 4.91. The lowest BCUT2D eigenvalue weighted by Gasteiger charge is -2.29. The van der Waals surface area contributed by atoms with E-state index in [9.17, 15) is 9.59 Å². The van der Waals surface area contributed by atoms with Gasteiger partial charge in [0.25, 0.3) is 0 Å². The Morgan fingerprint density at radius 3 is 2.39 bits per heavy atom. The minimum atomic E-state index is -0.584. The summed E-state index contributed by atoms with van der Waals surface area (Å²) >= 11 is 0. The van der Waals surface area contributed by atoms with Crippen molar-refractivity contribution in [3.05, 3.63) is 59.7 Å². The van der Waals surface area contributed by atoms with Crippen molar-refractivity contribution in [3.63, 3.8) is 0 Å². The summed E-state index contributed by atoms with van der Waals surface area (Å²) in [6, 6.07) is 14.8. The van der Waals surface area contributed by atoms with Crippen LogP contribution < -0.4 is 14.8 Å². The SMILES string of the molecule is COc1cccc(CN(C(=O)CCCOc2ccc(C)cc2)[C@H](C)C(=O)NC(C)C)c1. The Morgan fingerprint density at radius 2 is 1.74 bits per heavy atom. The Labute approximate surface area is 185 Å². The van der Waals surface area contributed by atoms with Crippen LogP contribution in [0.25, 0.3) is 0 Å². The number of methoxy groups -OCH3 is 1. The first kappa shape index (κ1) is 24.3. The number of carbonyl (C=O) groups is 2. The predicted octanol–water partition coefficient (Wildman–Crippen LogP) is 4.10. The first-order chi connectivity index (χ1) is 14.8. The van der Waals surface area contributed by atoms with E-state index in [1.165, 1.54) is 5.56 Å². The van der Waals surface area contributed by atoms with Crippen LogP contribution in [0.2, 0.25) is 0 Å². The third kappa shape index (κ3) is 7.96. The molecule has 0 aliphatic rings. The molecule has 1 atom stereocenters. The standard InChI is InChI=1S/C25H34N2O4/c1-18(2)26-25(29)20(4)27(17-21-8-6-9-23(16-21)30-5)24(28)10-7-15-31-22-13-11-19(3)12-14-22/h6,8-9,11-14,16,18,20H,7,10,15,17H2,1-5H3,(H,26,29)/t20-/m1/s1. The molecular formula is C25H34N2O4. The maximum atomic E-state index is 13.0. The maximum absolute atomic E-state index is 13.0. The third-order valence-electron chi connectivity index (χ3n) is 4.91. The molecule has 0 fully saturated rings. The fourth-order valence-electron chi connectivity index (χ4n) is 3.15. The highest BCUT2D eigenvalue weighted by molar-refractivity contribution is 5.87. The summed E-state index contributed by atoms with van der Waals surface area (Å²) in [4.78, 5) is 27.3. The normalized spacial score (nSPS) is 11.7. The molecule has 0 aliphatic heterocycles. The van der Waals surface area contributed by atoms with Crippen LogP contribution in [0.5, 0.6) is 11.5 Å². The van der Waals surface area contributed by atoms with Crippen LogP contribution in [0.1, 0.15) is 44.7 Å². The van der Waals surface area contributed by atoms with Crippen molar-refractivity contribution in [2.45, 2.75) is 59.2 Å². The summed E-state index contributed by atoms with van der Waals surface area (Å²) in [6.45, 7) is 8.37. The largest absolute Gasteiger partial charge is 0.497 e. The Bertz CT molecular complexity index is 849. The molecule has 2 aromatic rings. The van der Waals surface area contributed by atoms with Crippen molar-refractivity contribution in [1.82, 2.24) is 10.2 Å². The second-order valence-electron chi connectivity index (χ2n) is 7.98. The van der Waals surface area contributed by atoms with Gasteiger partial charge in [-0.15, -0.1) is 0 Å². The van der Waals surface area contributed by atoms with Crippen LogP contribution in [0.4, 0.5) is 0 Å². The maximum Gasteiger partial charge on any atom is 0.242 e. The van der Waals surface area contributed by atoms with Crippen LogP contribution in [0.15, 0.2) is 48.5 Å². The van der Waals surface area contributed by atoms with E-state index in [4.69, 9.17) is 9.47 Å². The minimum absolute atomic E-state index is 0.00614. The van der Waals surface area contributed by atoms with E-state index in [0.29, 0.717) is 26.0 Å². The zero-order chi connectivity index (χ0) is 22.8. The smallest absolute Gasteiger partial charge is 0.242 e. The summed E-state index contributed by atoms with van der Waals surface area (Å²) in [5.41, 5.74) is 2.08. The second-order valence-corrected chi connectivity index (χ2v) is 7.98. The topological polar surface area (TPSA) is 67.9 Å². The van der Waals surface area contributed by atoms with Gasteiger partial charge in [0.05, 0.1) is 13.7 Å². The Hall–Kier alpha value is -3.02. The second kappa shape index (κ2) is 12.0. The van der Waals surface area contributed by atoms with Gasteiger partial charge in [0.1, 0.15) is 17.5 Å². The van der Waals surface area contributed by atoms with Gasteiger partial charge >= 0.3 is 0 Å². The molecule has 0 saturated carbocycles. The summed E-state index contributed by atoms with van der Waals surface area (Å²) in [6.07, 6.45) is 0.870. The number of carbonyl (C=O) groups excluding carboxylic acids is 2.